The van der Waals surface area contributed by atoms with E-state index in [0.717, 1.165) is 31.4 Å². The number of hydrogen-bond donors (Lipinski definition) is 1. The van der Waals surface area contributed by atoms with E-state index in [1.807, 2.05) is 0 Å². The first-order valence-electron chi connectivity index (χ1n) is 7.24. The van der Waals surface area contributed by atoms with Gasteiger partial charge >= 0.3 is 6.18 Å². The van der Waals surface area contributed by atoms with Crippen LogP contribution in [0.15, 0.2) is 18.2 Å². The highest BCUT2D eigenvalue weighted by atomic mass is 19.4. The molecule has 1 aliphatic carbocycles. The molecule has 1 aromatic carbocycles. The van der Waals surface area contributed by atoms with Gasteiger partial charge in [0.2, 0.25) is 0 Å². The number of rotatable bonds is 2. The summed E-state index contributed by atoms with van der Waals surface area (Å²) < 4.78 is 51.6. The molecule has 0 amide bonds. The molecule has 1 fully saturated rings. The Kier molecular flexibility index (Phi) is 4.61. The molecule has 0 saturated heterocycles. The Labute approximate surface area is 122 Å². The van der Waals surface area contributed by atoms with Crippen LogP contribution in [0.25, 0.3) is 0 Å². The minimum atomic E-state index is -4.61. The summed E-state index contributed by atoms with van der Waals surface area (Å²) >= 11 is 0. The minimum Gasteiger partial charge on any atom is -0.388 e. The Morgan fingerprint density at radius 2 is 1.76 bits per heavy atom. The topological polar surface area (TPSA) is 20.2 Å². The van der Waals surface area contributed by atoms with E-state index in [2.05, 4.69) is 13.8 Å². The number of alkyl halides is 3. The summed E-state index contributed by atoms with van der Waals surface area (Å²) in [6.45, 7) is 4.22. The van der Waals surface area contributed by atoms with Crippen molar-refractivity contribution in [1.82, 2.24) is 0 Å². The van der Waals surface area contributed by atoms with Gasteiger partial charge in [-0.2, -0.15) is 13.2 Å². The van der Waals surface area contributed by atoms with Gasteiger partial charge in [-0.1, -0.05) is 20.3 Å². The van der Waals surface area contributed by atoms with Gasteiger partial charge in [0, 0.05) is 0 Å². The molecule has 118 valence electrons. The molecule has 4 atom stereocenters. The number of halogens is 4. The highest BCUT2D eigenvalue weighted by molar-refractivity contribution is 5.28. The summed E-state index contributed by atoms with van der Waals surface area (Å²) in [4.78, 5) is 0. The second-order valence-corrected chi connectivity index (χ2v) is 6.24. The van der Waals surface area contributed by atoms with Gasteiger partial charge < -0.3 is 5.11 Å². The molecule has 1 N–H and O–H groups in total. The van der Waals surface area contributed by atoms with Crippen molar-refractivity contribution in [2.75, 3.05) is 0 Å². The average molecular weight is 304 g/mol. The summed E-state index contributed by atoms with van der Waals surface area (Å²) in [6.07, 6.45) is -3.21. The Hall–Kier alpha value is -1.10. The predicted molar refractivity (Wildman–Crippen MR) is 72.0 cm³/mol. The molecule has 21 heavy (non-hydrogen) atoms. The number of aliphatic hydroxyl groups excluding tert-OH is 1. The number of benzene rings is 1. The molecule has 5 heteroatoms. The molecule has 1 saturated carbocycles. The molecule has 0 spiro atoms. The molecule has 0 aromatic heterocycles. The summed E-state index contributed by atoms with van der Waals surface area (Å²) in [5, 5.41) is 10.3. The van der Waals surface area contributed by atoms with E-state index in [-0.39, 0.29) is 11.5 Å². The Balaban J connectivity index is 2.23. The third-order valence-corrected chi connectivity index (χ3v) is 4.67. The van der Waals surface area contributed by atoms with Crippen LogP contribution in [-0.2, 0) is 6.18 Å². The van der Waals surface area contributed by atoms with Gasteiger partial charge in [0.25, 0.3) is 0 Å². The van der Waals surface area contributed by atoms with E-state index < -0.39 is 23.7 Å². The molecular weight excluding hydrogens is 284 g/mol. The van der Waals surface area contributed by atoms with Crippen LogP contribution in [-0.4, -0.2) is 5.11 Å². The zero-order chi connectivity index (χ0) is 15.8. The minimum absolute atomic E-state index is 0.0223. The van der Waals surface area contributed by atoms with Crippen molar-refractivity contribution in [2.45, 2.75) is 45.4 Å². The average Bonchev–Trinajstić information content (AvgIpc) is 2.39. The summed E-state index contributed by atoms with van der Waals surface area (Å²) in [7, 11) is 0. The predicted octanol–water partition coefficient (Wildman–Crippen LogP) is 4.95. The van der Waals surface area contributed by atoms with Crippen molar-refractivity contribution in [3.8, 4) is 0 Å². The zero-order valence-corrected chi connectivity index (χ0v) is 12.1. The molecule has 0 bridgehead atoms. The highest BCUT2D eigenvalue weighted by Crippen LogP contribution is 2.41. The lowest BCUT2D eigenvalue weighted by molar-refractivity contribution is -0.137. The molecule has 0 aliphatic heterocycles. The van der Waals surface area contributed by atoms with Crippen LogP contribution < -0.4 is 0 Å². The maximum Gasteiger partial charge on any atom is 0.416 e. The molecule has 4 unspecified atom stereocenters. The van der Waals surface area contributed by atoms with E-state index in [0.29, 0.717) is 17.9 Å². The van der Waals surface area contributed by atoms with Crippen molar-refractivity contribution in [3.05, 3.63) is 35.1 Å². The fourth-order valence-corrected chi connectivity index (χ4v) is 3.09. The summed E-state index contributed by atoms with van der Waals surface area (Å²) in [5.41, 5.74) is -1.03. The van der Waals surface area contributed by atoms with Crippen molar-refractivity contribution < 1.29 is 22.7 Å². The number of hydrogen-bond acceptors (Lipinski definition) is 1. The Morgan fingerprint density at radius 3 is 2.33 bits per heavy atom. The lowest BCUT2D eigenvalue weighted by Crippen LogP contribution is -2.25. The van der Waals surface area contributed by atoms with Crippen LogP contribution in [0.5, 0.6) is 0 Å². The van der Waals surface area contributed by atoms with Crippen LogP contribution in [0.1, 0.15) is 50.3 Å². The SMILES string of the molecule is CC1CCC(C(O)c2cc(F)cc(C(F)(F)F)c2)CC1C. The van der Waals surface area contributed by atoms with E-state index in [1.165, 1.54) is 0 Å². The summed E-state index contributed by atoms with van der Waals surface area (Å²) in [6, 6.07) is 2.32. The first-order valence-corrected chi connectivity index (χ1v) is 7.24. The van der Waals surface area contributed by atoms with Crippen LogP contribution in [0, 0.1) is 23.6 Å². The molecular formula is C16H20F4O. The van der Waals surface area contributed by atoms with Crippen LogP contribution in [0.4, 0.5) is 17.6 Å². The Bertz CT molecular complexity index is 498. The smallest absolute Gasteiger partial charge is 0.388 e. The second-order valence-electron chi connectivity index (χ2n) is 6.24. The maximum absolute atomic E-state index is 13.4. The van der Waals surface area contributed by atoms with Crippen LogP contribution in [0.2, 0.25) is 0 Å². The second kappa shape index (κ2) is 5.95. The van der Waals surface area contributed by atoms with Crippen molar-refractivity contribution in [1.29, 1.82) is 0 Å². The lowest BCUT2D eigenvalue weighted by Gasteiger charge is -2.35. The van der Waals surface area contributed by atoms with Gasteiger partial charge in [0.05, 0.1) is 11.7 Å². The third-order valence-electron chi connectivity index (χ3n) is 4.67. The quantitative estimate of drug-likeness (QED) is 0.766. The highest BCUT2D eigenvalue weighted by Gasteiger charge is 2.34. The number of aliphatic hydroxyl groups is 1. The van der Waals surface area contributed by atoms with Gasteiger partial charge in [-0.3, -0.25) is 0 Å². The molecule has 1 nitrogen and oxygen atoms in total. The fourth-order valence-electron chi connectivity index (χ4n) is 3.09. The molecule has 0 heterocycles. The van der Waals surface area contributed by atoms with Gasteiger partial charge in [0.1, 0.15) is 5.82 Å². The molecule has 2 rings (SSSR count). The monoisotopic (exact) mass is 304 g/mol. The van der Waals surface area contributed by atoms with E-state index in [9.17, 15) is 22.7 Å². The van der Waals surface area contributed by atoms with Crippen molar-refractivity contribution in [2.24, 2.45) is 17.8 Å². The molecule has 0 radical (unpaired) electrons. The third kappa shape index (κ3) is 3.76. The first kappa shape index (κ1) is 16.3. The Morgan fingerprint density at radius 1 is 1.10 bits per heavy atom. The first-order chi connectivity index (χ1) is 9.68. The molecule has 1 aromatic rings. The largest absolute Gasteiger partial charge is 0.416 e. The van der Waals surface area contributed by atoms with Gasteiger partial charge in [-0.05, 0) is 54.4 Å². The molecule has 1 aliphatic rings. The summed E-state index contributed by atoms with van der Waals surface area (Å²) in [5.74, 6) is -0.115. The standard InChI is InChI=1S/C16H20F4O/c1-9-3-4-11(5-10(9)2)15(21)12-6-13(16(18,19)20)8-14(17)7-12/h6-11,15,21H,3-5H2,1-2H3. The van der Waals surface area contributed by atoms with Gasteiger partial charge in [-0.15, -0.1) is 0 Å². The fraction of sp³-hybridized carbons (Fsp3) is 0.625. The van der Waals surface area contributed by atoms with E-state index in [4.69, 9.17) is 0 Å². The zero-order valence-electron chi connectivity index (χ0n) is 12.1. The van der Waals surface area contributed by atoms with Crippen molar-refractivity contribution >= 4 is 0 Å². The van der Waals surface area contributed by atoms with Gasteiger partial charge in [0.15, 0.2) is 0 Å². The lowest BCUT2D eigenvalue weighted by atomic mass is 9.73. The van der Waals surface area contributed by atoms with Crippen LogP contribution >= 0.6 is 0 Å². The maximum atomic E-state index is 13.4. The van der Waals surface area contributed by atoms with E-state index in [1.54, 1.807) is 0 Å². The van der Waals surface area contributed by atoms with Gasteiger partial charge in [-0.25, -0.2) is 4.39 Å². The van der Waals surface area contributed by atoms with Crippen molar-refractivity contribution in [3.63, 3.8) is 0 Å². The normalized spacial score (nSPS) is 28.4. The van der Waals surface area contributed by atoms with Crippen LogP contribution in [0.3, 0.4) is 0 Å². The van der Waals surface area contributed by atoms with E-state index >= 15 is 0 Å².